The van der Waals surface area contributed by atoms with Gasteiger partial charge in [-0.3, -0.25) is 9.59 Å². The van der Waals surface area contributed by atoms with Gasteiger partial charge < -0.3 is 21.5 Å². The molecule has 6 nitrogen and oxygen atoms in total. The summed E-state index contributed by atoms with van der Waals surface area (Å²) < 4.78 is 0. The lowest BCUT2D eigenvalue weighted by Gasteiger charge is -2.23. The lowest BCUT2D eigenvalue weighted by atomic mass is 9.90. The van der Waals surface area contributed by atoms with E-state index in [-0.39, 0.29) is 36.9 Å². The topological polar surface area (TPSA) is 104 Å². The number of hydrogen-bond donors (Lipinski definition) is 4. The van der Waals surface area contributed by atoms with Gasteiger partial charge in [-0.2, -0.15) is 0 Å². The zero-order valence-electron chi connectivity index (χ0n) is 9.88. The van der Waals surface area contributed by atoms with Gasteiger partial charge in [0.15, 0.2) is 0 Å². The quantitative estimate of drug-likeness (QED) is 0.432. The van der Waals surface area contributed by atoms with E-state index in [0.717, 1.165) is 0 Å². The molecule has 0 atom stereocenters. The van der Waals surface area contributed by atoms with Crippen LogP contribution >= 0.6 is 0 Å². The summed E-state index contributed by atoms with van der Waals surface area (Å²) in [6.45, 7) is 4.26. The van der Waals surface area contributed by atoms with Gasteiger partial charge in [-0.15, -0.1) is 0 Å². The van der Waals surface area contributed by atoms with Crippen molar-refractivity contribution in [2.45, 2.75) is 20.3 Å². The van der Waals surface area contributed by atoms with Crippen LogP contribution in [-0.4, -0.2) is 43.2 Å². The fourth-order valence-electron chi connectivity index (χ4n) is 1.04. The van der Waals surface area contributed by atoms with Crippen molar-refractivity contribution in [2.24, 2.45) is 11.1 Å². The van der Waals surface area contributed by atoms with Crippen LogP contribution in [0.4, 0.5) is 0 Å². The Morgan fingerprint density at radius 2 is 1.88 bits per heavy atom. The summed E-state index contributed by atoms with van der Waals surface area (Å²) in [5.74, 6) is -0.613. The standard InChI is InChI=1S/C10H21N3O3/c1-10(2,3-4-14)7-13-9(16)6-12-8(15)5-11/h14H,3-7,11H2,1-2H3,(H,12,15)(H,13,16). The molecular weight excluding hydrogens is 210 g/mol. The number of rotatable bonds is 7. The first-order valence-corrected chi connectivity index (χ1v) is 5.25. The van der Waals surface area contributed by atoms with Gasteiger partial charge in [0.25, 0.3) is 0 Å². The molecule has 0 saturated carbocycles. The summed E-state index contributed by atoms with van der Waals surface area (Å²) in [7, 11) is 0. The summed E-state index contributed by atoms with van der Waals surface area (Å²) in [4.78, 5) is 22.1. The fourth-order valence-corrected chi connectivity index (χ4v) is 1.04. The molecule has 0 radical (unpaired) electrons. The molecule has 0 unspecified atom stereocenters. The van der Waals surface area contributed by atoms with Gasteiger partial charge in [0.05, 0.1) is 13.1 Å². The predicted octanol–water partition coefficient (Wildman–Crippen LogP) is -1.41. The Hall–Kier alpha value is -1.14. The van der Waals surface area contributed by atoms with Crippen molar-refractivity contribution in [1.29, 1.82) is 0 Å². The van der Waals surface area contributed by atoms with Crippen LogP contribution in [0.3, 0.4) is 0 Å². The van der Waals surface area contributed by atoms with Gasteiger partial charge in [0.2, 0.25) is 11.8 Å². The van der Waals surface area contributed by atoms with E-state index in [4.69, 9.17) is 10.8 Å². The van der Waals surface area contributed by atoms with Gasteiger partial charge in [0.1, 0.15) is 0 Å². The number of amides is 2. The number of hydrogen-bond acceptors (Lipinski definition) is 4. The van der Waals surface area contributed by atoms with Gasteiger partial charge >= 0.3 is 0 Å². The van der Waals surface area contributed by atoms with Crippen molar-refractivity contribution in [3.05, 3.63) is 0 Å². The second kappa shape index (κ2) is 7.19. The van der Waals surface area contributed by atoms with Crippen molar-refractivity contribution in [3.63, 3.8) is 0 Å². The molecule has 0 aliphatic rings. The number of carbonyl (C=O) groups excluding carboxylic acids is 2. The van der Waals surface area contributed by atoms with Crippen LogP contribution in [0.25, 0.3) is 0 Å². The Bertz CT molecular complexity index is 241. The number of nitrogens with one attached hydrogen (secondary N) is 2. The number of aliphatic hydroxyl groups is 1. The molecule has 0 aromatic rings. The highest BCUT2D eigenvalue weighted by Crippen LogP contribution is 2.17. The highest BCUT2D eigenvalue weighted by atomic mass is 16.3. The molecule has 2 amide bonds. The molecule has 0 bridgehead atoms. The zero-order valence-corrected chi connectivity index (χ0v) is 9.88. The number of aliphatic hydroxyl groups excluding tert-OH is 1. The van der Waals surface area contributed by atoms with Crippen molar-refractivity contribution in [2.75, 3.05) is 26.2 Å². The summed E-state index contributed by atoms with van der Waals surface area (Å²) in [5, 5.41) is 13.8. The maximum atomic E-state index is 11.3. The monoisotopic (exact) mass is 231 g/mol. The second-order valence-corrected chi connectivity index (χ2v) is 4.40. The minimum absolute atomic E-state index is 0.0642. The number of nitrogens with two attached hydrogens (primary N) is 1. The zero-order chi connectivity index (χ0) is 12.6. The van der Waals surface area contributed by atoms with Crippen LogP contribution < -0.4 is 16.4 Å². The molecule has 0 rings (SSSR count). The Morgan fingerprint density at radius 3 is 2.38 bits per heavy atom. The third kappa shape index (κ3) is 7.19. The summed E-state index contributed by atoms with van der Waals surface area (Å²) in [6.07, 6.45) is 0.614. The highest BCUT2D eigenvalue weighted by molar-refractivity contribution is 5.85. The van der Waals surface area contributed by atoms with E-state index < -0.39 is 0 Å². The van der Waals surface area contributed by atoms with Crippen LogP contribution in [0.1, 0.15) is 20.3 Å². The SMILES string of the molecule is CC(C)(CCO)CNC(=O)CNC(=O)CN. The Labute approximate surface area is 95.6 Å². The first kappa shape index (κ1) is 14.9. The predicted molar refractivity (Wildman–Crippen MR) is 60.6 cm³/mol. The van der Waals surface area contributed by atoms with Crippen molar-refractivity contribution in [3.8, 4) is 0 Å². The molecule has 0 aromatic carbocycles. The molecule has 0 spiro atoms. The van der Waals surface area contributed by atoms with Crippen LogP contribution in [-0.2, 0) is 9.59 Å². The highest BCUT2D eigenvalue weighted by Gasteiger charge is 2.17. The lowest BCUT2D eigenvalue weighted by molar-refractivity contribution is -0.125. The van der Waals surface area contributed by atoms with Crippen molar-refractivity contribution < 1.29 is 14.7 Å². The molecule has 94 valence electrons. The largest absolute Gasteiger partial charge is 0.396 e. The van der Waals surface area contributed by atoms with Gasteiger partial charge in [0, 0.05) is 13.2 Å². The molecular formula is C10H21N3O3. The molecule has 0 aromatic heterocycles. The van der Waals surface area contributed by atoms with Crippen molar-refractivity contribution >= 4 is 11.8 Å². The molecule has 16 heavy (non-hydrogen) atoms. The normalized spacial score (nSPS) is 11.0. The van der Waals surface area contributed by atoms with E-state index in [2.05, 4.69) is 10.6 Å². The van der Waals surface area contributed by atoms with E-state index in [9.17, 15) is 9.59 Å². The molecule has 0 heterocycles. The average Bonchev–Trinajstić information content (AvgIpc) is 2.23. The van der Waals surface area contributed by atoms with E-state index in [1.54, 1.807) is 0 Å². The number of carbonyl (C=O) groups is 2. The van der Waals surface area contributed by atoms with Crippen LogP contribution in [0.5, 0.6) is 0 Å². The van der Waals surface area contributed by atoms with Gasteiger partial charge in [-0.1, -0.05) is 13.8 Å². The minimum atomic E-state index is -0.357. The van der Waals surface area contributed by atoms with Crippen LogP contribution in [0.2, 0.25) is 0 Å². The molecule has 5 N–H and O–H groups in total. The van der Waals surface area contributed by atoms with Gasteiger partial charge in [-0.25, -0.2) is 0 Å². The second-order valence-electron chi connectivity index (χ2n) is 4.40. The van der Waals surface area contributed by atoms with Crippen LogP contribution in [0, 0.1) is 5.41 Å². The average molecular weight is 231 g/mol. The van der Waals surface area contributed by atoms with Crippen molar-refractivity contribution in [1.82, 2.24) is 10.6 Å². The molecule has 0 aliphatic heterocycles. The minimum Gasteiger partial charge on any atom is -0.396 e. The Balaban J connectivity index is 3.76. The fraction of sp³-hybridized carbons (Fsp3) is 0.800. The van der Waals surface area contributed by atoms with E-state index >= 15 is 0 Å². The van der Waals surface area contributed by atoms with E-state index in [1.807, 2.05) is 13.8 Å². The maximum absolute atomic E-state index is 11.3. The smallest absolute Gasteiger partial charge is 0.239 e. The van der Waals surface area contributed by atoms with E-state index in [0.29, 0.717) is 13.0 Å². The Kier molecular flexibility index (Phi) is 6.67. The molecule has 0 saturated heterocycles. The summed E-state index contributed by atoms with van der Waals surface area (Å²) in [6, 6.07) is 0. The van der Waals surface area contributed by atoms with Crippen LogP contribution in [0.15, 0.2) is 0 Å². The first-order valence-electron chi connectivity index (χ1n) is 5.25. The first-order chi connectivity index (χ1) is 7.41. The summed E-state index contributed by atoms with van der Waals surface area (Å²) >= 11 is 0. The third-order valence-corrected chi connectivity index (χ3v) is 2.18. The lowest BCUT2D eigenvalue weighted by Crippen LogP contribution is -2.42. The Morgan fingerprint density at radius 1 is 1.25 bits per heavy atom. The third-order valence-electron chi connectivity index (χ3n) is 2.18. The summed E-state index contributed by atoms with van der Waals surface area (Å²) in [5.41, 5.74) is 4.92. The maximum Gasteiger partial charge on any atom is 0.239 e. The molecule has 0 fully saturated rings. The molecule has 6 heteroatoms. The molecule has 0 aliphatic carbocycles. The van der Waals surface area contributed by atoms with Gasteiger partial charge in [-0.05, 0) is 11.8 Å². The van der Waals surface area contributed by atoms with E-state index in [1.165, 1.54) is 0 Å².